The molecule has 4 aromatic rings. The number of hydrogen-bond acceptors (Lipinski definition) is 7. The normalized spacial score (nSPS) is 14.3. The fraction of sp³-hybridized carbons (Fsp3) is 0.370. The zero-order chi connectivity index (χ0) is 28.6. The number of aromatic nitrogens is 5. The number of benzene rings is 1. The van der Waals surface area contributed by atoms with E-state index < -0.39 is 34.8 Å². The van der Waals surface area contributed by atoms with Crippen LogP contribution in [-0.4, -0.2) is 36.8 Å². The molecule has 0 spiro atoms. The molecule has 1 aliphatic carbocycles. The first kappa shape index (κ1) is 27.3. The second-order valence-corrected chi connectivity index (χ2v) is 10.0. The van der Waals surface area contributed by atoms with Crippen LogP contribution in [0.5, 0.6) is 0 Å². The predicted octanol–water partition coefficient (Wildman–Crippen LogP) is 4.86. The van der Waals surface area contributed by atoms with Gasteiger partial charge < -0.3 is 15.2 Å². The molecule has 0 bridgehead atoms. The number of nitrogens with zero attached hydrogens (tertiary/aromatic N) is 4. The van der Waals surface area contributed by atoms with Crippen LogP contribution in [0.25, 0.3) is 22.2 Å². The number of halogens is 4. The number of hydrogen-bond donors (Lipinski definition) is 3. The summed E-state index contributed by atoms with van der Waals surface area (Å²) < 4.78 is 56.5. The molecule has 210 valence electrons. The monoisotopic (exact) mass is 557 g/mol. The minimum atomic E-state index is -4.84. The van der Waals surface area contributed by atoms with Crippen LogP contribution in [0.4, 0.5) is 29.1 Å². The summed E-state index contributed by atoms with van der Waals surface area (Å²) in [6.45, 7) is 3.74. The van der Waals surface area contributed by atoms with Gasteiger partial charge in [-0.25, -0.2) is 19.5 Å². The van der Waals surface area contributed by atoms with E-state index >= 15 is 4.39 Å². The van der Waals surface area contributed by atoms with E-state index in [1.807, 2.05) is 13.0 Å². The fourth-order valence-corrected chi connectivity index (χ4v) is 4.55. The van der Waals surface area contributed by atoms with Gasteiger partial charge >= 0.3 is 6.18 Å². The molecule has 1 fully saturated rings. The molecule has 0 saturated heterocycles. The van der Waals surface area contributed by atoms with Gasteiger partial charge in [0.25, 0.3) is 11.1 Å². The number of rotatable bonds is 9. The molecule has 1 saturated carbocycles. The van der Waals surface area contributed by atoms with Crippen LogP contribution in [0.1, 0.15) is 43.9 Å². The van der Waals surface area contributed by atoms with E-state index in [4.69, 9.17) is 0 Å². The number of aryl methyl sites for hydroxylation is 2. The molecule has 9 nitrogen and oxygen atoms in total. The quantitative estimate of drug-likeness (QED) is 0.252. The lowest BCUT2D eigenvalue weighted by atomic mass is 10.1. The molecular formula is C27H27F4N7O2. The number of aromatic amines is 1. The van der Waals surface area contributed by atoms with E-state index in [1.54, 1.807) is 30.4 Å². The highest BCUT2D eigenvalue weighted by Crippen LogP contribution is 2.32. The Kier molecular flexibility index (Phi) is 7.30. The van der Waals surface area contributed by atoms with Crippen molar-refractivity contribution in [1.82, 2.24) is 24.7 Å². The fourth-order valence-electron chi connectivity index (χ4n) is 4.55. The molecule has 1 unspecified atom stereocenters. The number of alkyl halides is 3. The first-order valence-electron chi connectivity index (χ1n) is 12.9. The Morgan fingerprint density at radius 2 is 1.95 bits per heavy atom. The number of nitrogens with one attached hydrogen (secondary N) is 3. The second-order valence-electron chi connectivity index (χ2n) is 10.0. The van der Waals surface area contributed by atoms with Crippen molar-refractivity contribution < 1.29 is 17.6 Å². The van der Waals surface area contributed by atoms with Crippen molar-refractivity contribution in [2.45, 2.75) is 64.3 Å². The largest absolute Gasteiger partial charge is 0.423 e. The summed E-state index contributed by atoms with van der Waals surface area (Å²) >= 11 is 0. The SMILES string of the molecule is Cc1cc(NC2CC2)nc(-c2cc3ccn(CCCC(C)Nc4cn[nH]c(=O)c4C(F)(F)F)c(=O)c3cc2F)n1. The third-order valence-electron chi connectivity index (χ3n) is 6.67. The highest BCUT2D eigenvalue weighted by molar-refractivity contribution is 5.86. The maximum absolute atomic E-state index is 15.2. The van der Waals surface area contributed by atoms with E-state index in [9.17, 15) is 22.8 Å². The highest BCUT2D eigenvalue weighted by Gasteiger charge is 2.37. The van der Waals surface area contributed by atoms with Crippen molar-refractivity contribution in [3.05, 3.63) is 74.4 Å². The molecule has 0 amide bonds. The Hall–Kier alpha value is -4.29. The van der Waals surface area contributed by atoms with Crippen molar-refractivity contribution in [2.24, 2.45) is 0 Å². The number of anilines is 2. The number of fused-ring (bicyclic) bond motifs is 1. The summed E-state index contributed by atoms with van der Waals surface area (Å²) in [5.41, 5.74) is -2.58. The molecule has 3 N–H and O–H groups in total. The van der Waals surface area contributed by atoms with Crippen molar-refractivity contribution in [3.8, 4) is 11.4 Å². The molecule has 1 aromatic carbocycles. The zero-order valence-electron chi connectivity index (χ0n) is 21.8. The van der Waals surface area contributed by atoms with E-state index in [0.717, 1.165) is 19.0 Å². The third kappa shape index (κ3) is 5.97. The van der Waals surface area contributed by atoms with Crippen LogP contribution in [0.15, 0.2) is 46.2 Å². The Morgan fingerprint density at radius 3 is 2.67 bits per heavy atom. The molecule has 5 rings (SSSR count). The maximum Gasteiger partial charge on any atom is 0.423 e. The van der Waals surface area contributed by atoms with Crippen LogP contribution in [-0.2, 0) is 12.7 Å². The Balaban J connectivity index is 1.30. The average Bonchev–Trinajstić information content (AvgIpc) is 3.68. The molecule has 40 heavy (non-hydrogen) atoms. The summed E-state index contributed by atoms with van der Waals surface area (Å²) in [6, 6.07) is 6.18. The summed E-state index contributed by atoms with van der Waals surface area (Å²) in [5.74, 6) is 0.251. The van der Waals surface area contributed by atoms with Gasteiger partial charge in [-0.1, -0.05) is 0 Å². The standard InChI is InChI=1S/C27H27F4N7O2/c1-14(33-21-13-32-37-25(39)23(21)27(29,30)31)4-3-8-38-9-7-16-11-19(20(28)12-18(16)26(38)40)24-34-15(2)10-22(36-24)35-17-5-6-17/h7,9-14,17H,3-6,8H2,1-2H3,(H2,33,37,39)(H,34,35,36). The smallest absolute Gasteiger partial charge is 0.381 e. The Labute approximate surface area is 225 Å². The molecular weight excluding hydrogens is 530 g/mol. The average molecular weight is 558 g/mol. The van der Waals surface area contributed by atoms with Gasteiger partial charge in [-0.15, -0.1) is 0 Å². The first-order valence-corrected chi connectivity index (χ1v) is 12.9. The topological polar surface area (TPSA) is 118 Å². The lowest BCUT2D eigenvalue weighted by molar-refractivity contribution is -0.138. The van der Waals surface area contributed by atoms with Crippen LogP contribution in [0, 0.1) is 12.7 Å². The van der Waals surface area contributed by atoms with E-state index in [2.05, 4.69) is 25.7 Å². The molecule has 1 atom stereocenters. The van der Waals surface area contributed by atoms with Crippen molar-refractivity contribution in [2.75, 3.05) is 10.6 Å². The van der Waals surface area contributed by atoms with Gasteiger partial charge in [0.1, 0.15) is 17.2 Å². The highest BCUT2D eigenvalue weighted by atomic mass is 19.4. The molecule has 13 heteroatoms. The van der Waals surface area contributed by atoms with Crippen molar-refractivity contribution >= 4 is 22.3 Å². The van der Waals surface area contributed by atoms with Crippen molar-refractivity contribution in [1.29, 1.82) is 0 Å². The number of H-pyrrole nitrogens is 1. The maximum atomic E-state index is 15.2. The van der Waals surface area contributed by atoms with Gasteiger partial charge in [0.05, 0.1) is 22.8 Å². The van der Waals surface area contributed by atoms with Gasteiger partial charge in [-0.2, -0.15) is 18.3 Å². The summed E-state index contributed by atoms with van der Waals surface area (Å²) in [6.07, 6.45) is 0.640. The number of pyridine rings is 1. The molecule has 3 heterocycles. The lowest BCUT2D eigenvalue weighted by Gasteiger charge is -2.18. The zero-order valence-corrected chi connectivity index (χ0v) is 21.8. The lowest BCUT2D eigenvalue weighted by Crippen LogP contribution is -2.27. The molecule has 1 aliphatic rings. The van der Waals surface area contributed by atoms with Gasteiger partial charge in [0, 0.05) is 36.6 Å². The molecule has 3 aromatic heterocycles. The van der Waals surface area contributed by atoms with E-state index in [0.29, 0.717) is 35.8 Å². The van der Waals surface area contributed by atoms with Gasteiger partial charge in [-0.3, -0.25) is 9.59 Å². The Bertz CT molecular complexity index is 1680. The van der Waals surface area contributed by atoms with Crippen LogP contribution >= 0.6 is 0 Å². The third-order valence-corrected chi connectivity index (χ3v) is 6.67. The molecule has 0 aliphatic heterocycles. The second kappa shape index (κ2) is 10.7. The summed E-state index contributed by atoms with van der Waals surface area (Å²) in [4.78, 5) is 33.6. The Morgan fingerprint density at radius 1 is 1.18 bits per heavy atom. The van der Waals surface area contributed by atoms with Gasteiger partial charge in [0.15, 0.2) is 5.82 Å². The minimum Gasteiger partial charge on any atom is -0.381 e. The van der Waals surface area contributed by atoms with Crippen LogP contribution < -0.4 is 21.8 Å². The van der Waals surface area contributed by atoms with Crippen LogP contribution in [0.2, 0.25) is 0 Å². The van der Waals surface area contributed by atoms with Crippen LogP contribution in [0.3, 0.4) is 0 Å². The van der Waals surface area contributed by atoms with Crippen molar-refractivity contribution in [3.63, 3.8) is 0 Å². The van der Waals surface area contributed by atoms with E-state index in [-0.39, 0.29) is 28.9 Å². The minimum absolute atomic E-state index is 0.194. The predicted molar refractivity (Wildman–Crippen MR) is 143 cm³/mol. The first-order chi connectivity index (χ1) is 19.0. The molecule has 0 radical (unpaired) electrons. The van der Waals surface area contributed by atoms with Gasteiger partial charge in [-0.05, 0) is 63.1 Å². The van der Waals surface area contributed by atoms with Gasteiger partial charge in [0.2, 0.25) is 0 Å². The van der Waals surface area contributed by atoms with E-state index in [1.165, 1.54) is 10.6 Å². The summed E-state index contributed by atoms with van der Waals surface area (Å²) in [7, 11) is 0. The summed E-state index contributed by atoms with van der Waals surface area (Å²) in [5, 5.41) is 12.0.